The Balaban J connectivity index is 3.02. The summed E-state index contributed by atoms with van der Waals surface area (Å²) in [6.45, 7) is 5.89. The predicted octanol–water partition coefficient (Wildman–Crippen LogP) is 3.62. The lowest BCUT2D eigenvalue weighted by Gasteiger charge is -2.22. The molecule has 0 saturated carbocycles. The highest BCUT2D eigenvalue weighted by Crippen LogP contribution is 2.23. The Hall–Kier alpha value is -1.49. The van der Waals surface area contributed by atoms with Gasteiger partial charge in [-0.25, -0.2) is 13.6 Å². The lowest BCUT2D eigenvalue weighted by atomic mass is 10.0. The maximum absolute atomic E-state index is 12.8. The zero-order valence-corrected chi connectivity index (χ0v) is 12.0. The molecule has 1 rings (SSSR count). The van der Waals surface area contributed by atoms with Crippen LogP contribution in [0.2, 0.25) is 0 Å². The van der Waals surface area contributed by atoms with E-state index >= 15 is 0 Å². The van der Waals surface area contributed by atoms with Gasteiger partial charge in [-0.05, 0) is 31.9 Å². The minimum absolute atomic E-state index is 0.0830. The van der Waals surface area contributed by atoms with Crippen LogP contribution in [0.3, 0.4) is 0 Å². The van der Waals surface area contributed by atoms with E-state index in [0.717, 1.165) is 6.42 Å². The molecule has 0 bridgehead atoms. The summed E-state index contributed by atoms with van der Waals surface area (Å²) in [6, 6.07) is 5.24. The number of rotatable bonds is 7. The second-order valence-electron chi connectivity index (χ2n) is 4.63. The van der Waals surface area contributed by atoms with Crippen molar-refractivity contribution in [2.75, 3.05) is 6.61 Å². The van der Waals surface area contributed by atoms with Gasteiger partial charge in [-0.1, -0.05) is 25.1 Å². The van der Waals surface area contributed by atoms with Gasteiger partial charge in [0.1, 0.15) is 6.04 Å². The Kier molecular flexibility index (Phi) is 6.58. The van der Waals surface area contributed by atoms with Gasteiger partial charge in [0.05, 0.1) is 6.61 Å². The number of ether oxygens (including phenoxy) is 1. The van der Waals surface area contributed by atoms with Crippen LogP contribution in [0.4, 0.5) is 8.78 Å². The predicted molar refractivity (Wildman–Crippen MR) is 73.7 cm³/mol. The molecule has 1 aromatic rings. The Morgan fingerprint density at radius 3 is 2.50 bits per heavy atom. The molecule has 3 nitrogen and oxygen atoms in total. The molecule has 0 spiro atoms. The van der Waals surface area contributed by atoms with Crippen molar-refractivity contribution in [3.63, 3.8) is 0 Å². The molecule has 2 unspecified atom stereocenters. The van der Waals surface area contributed by atoms with Gasteiger partial charge in [-0.3, -0.25) is 5.32 Å². The molecule has 0 aliphatic heterocycles. The first-order chi connectivity index (χ1) is 9.49. The van der Waals surface area contributed by atoms with Crippen molar-refractivity contribution >= 4 is 5.97 Å². The summed E-state index contributed by atoms with van der Waals surface area (Å²) >= 11 is 0. The van der Waals surface area contributed by atoms with Crippen molar-refractivity contribution in [3.05, 3.63) is 35.4 Å². The highest BCUT2D eigenvalue weighted by molar-refractivity contribution is 5.77. The van der Waals surface area contributed by atoms with Crippen molar-refractivity contribution in [3.8, 4) is 0 Å². The Labute approximate surface area is 118 Å². The van der Waals surface area contributed by atoms with E-state index in [2.05, 4.69) is 5.32 Å². The fourth-order valence-electron chi connectivity index (χ4n) is 1.80. The summed E-state index contributed by atoms with van der Waals surface area (Å²) in [5.74, 6) is -0.445. The van der Waals surface area contributed by atoms with E-state index in [-0.39, 0.29) is 18.2 Å². The first-order valence-electron chi connectivity index (χ1n) is 6.80. The number of esters is 1. The highest BCUT2D eigenvalue weighted by atomic mass is 19.3. The van der Waals surface area contributed by atoms with Gasteiger partial charge >= 0.3 is 5.97 Å². The van der Waals surface area contributed by atoms with E-state index in [1.807, 2.05) is 13.8 Å². The third-order valence-electron chi connectivity index (χ3n) is 3.08. The molecule has 0 amide bonds. The summed E-state index contributed by atoms with van der Waals surface area (Å²) in [5.41, 5.74) is 0.407. The topological polar surface area (TPSA) is 38.3 Å². The van der Waals surface area contributed by atoms with Gasteiger partial charge in [0.15, 0.2) is 0 Å². The summed E-state index contributed by atoms with van der Waals surface area (Å²) in [5, 5.41) is 3.11. The largest absolute Gasteiger partial charge is 0.465 e. The van der Waals surface area contributed by atoms with Crippen molar-refractivity contribution in [2.45, 2.75) is 45.7 Å². The summed E-state index contributed by atoms with van der Waals surface area (Å²) < 4.78 is 30.5. The molecule has 0 saturated heterocycles. The molecule has 5 heteroatoms. The molecule has 0 radical (unpaired) electrons. The van der Waals surface area contributed by atoms with Gasteiger partial charge in [-0.2, -0.15) is 0 Å². The molecule has 0 aliphatic rings. The van der Waals surface area contributed by atoms with E-state index in [0.29, 0.717) is 5.56 Å². The minimum atomic E-state index is -2.55. The van der Waals surface area contributed by atoms with Crippen LogP contribution in [0.25, 0.3) is 0 Å². The molecule has 20 heavy (non-hydrogen) atoms. The second-order valence-corrected chi connectivity index (χ2v) is 4.63. The number of halogens is 2. The average Bonchev–Trinajstić information content (AvgIpc) is 2.44. The molecule has 1 N–H and O–H groups in total. The van der Waals surface area contributed by atoms with Crippen molar-refractivity contribution in [1.82, 2.24) is 5.32 Å². The van der Waals surface area contributed by atoms with Crippen LogP contribution in [-0.4, -0.2) is 18.6 Å². The number of hydrogen-bond donors (Lipinski definition) is 1. The van der Waals surface area contributed by atoms with Gasteiger partial charge in [0, 0.05) is 11.6 Å². The van der Waals surface area contributed by atoms with E-state index in [1.54, 1.807) is 13.0 Å². The first-order valence-corrected chi connectivity index (χ1v) is 6.80. The van der Waals surface area contributed by atoms with Gasteiger partial charge < -0.3 is 4.74 Å². The fraction of sp³-hybridized carbons (Fsp3) is 0.533. The Morgan fingerprint density at radius 1 is 1.30 bits per heavy atom. The molecule has 0 fully saturated rings. The van der Waals surface area contributed by atoms with Crippen LogP contribution in [0.5, 0.6) is 0 Å². The highest BCUT2D eigenvalue weighted by Gasteiger charge is 2.24. The zero-order chi connectivity index (χ0) is 15.1. The third-order valence-corrected chi connectivity index (χ3v) is 3.08. The van der Waals surface area contributed by atoms with E-state index < -0.39 is 18.4 Å². The standard InChI is InChI=1S/C15H21F2NO2/c1-4-10(3)18-13(15(19)20-5-2)11-7-6-8-12(9-11)14(16)17/h6-10,13-14,18H,4-5H2,1-3H3. The molecule has 2 atom stereocenters. The summed E-state index contributed by atoms with van der Waals surface area (Å²) in [4.78, 5) is 12.0. The molecule has 0 aromatic heterocycles. The quantitative estimate of drug-likeness (QED) is 0.778. The van der Waals surface area contributed by atoms with E-state index in [9.17, 15) is 13.6 Å². The Morgan fingerprint density at radius 2 is 1.95 bits per heavy atom. The van der Waals surface area contributed by atoms with Crippen LogP contribution >= 0.6 is 0 Å². The van der Waals surface area contributed by atoms with Crippen molar-refractivity contribution in [2.24, 2.45) is 0 Å². The SMILES string of the molecule is CCOC(=O)C(NC(C)CC)c1cccc(C(F)F)c1. The smallest absolute Gasteiger partial charge is 0.327 e. The van der Waals surface area contributed by atoms with Crippen LogP contribution in [0.15, 0.2) is 24.3 Å². The van der Waals surface area contributed by atoms with Crippen LogP contribution < -0.4 is 5.32 Å². The number of carbonyl (C=O) groups is 1. The summed E-state index contributed by atoms with van der Waals surface area (Å²) in [6.07, 6.45) is -1.73. The molecule has 112 valence electrons. The number of benzene rings is 1. The van der Waals surface area contributed by atoms with Crippen LogP contribution in [0, 0.1) is 0 Å². The van der Waals surface area contributed by atoms with E-state index in [1.165, 1.54) is 18.2 Å². The average molecular weight is 285 g/mol. The number of nitrogens with one attached hydrogen (secondary N) is 1. The first kappa shape index (κ1) is 16.6. The monoisotopic (exact) mass is 285 g/mol. The number of alkyl halides is 2. The maximum atomic E-state index is 12.8. The third kappa shape index (κ3) is 4.56. The van der Waals surface area contributed by atoms with Crippen LogP contribution in [0.1, 0.15) is 50.8 Å². The normalized spacial score (nSPS) is 14.1. The lowest BCUT2D eigenvalue weighted by Crippen LogP contribution is -2.36. The maximum Gasteiger partial charge on any atom is 0.327 e. The second kappa shape index (κ2) is 7.94. The van der Waals surface area contributed by atoms with Crippen molar-refractivity contribution < 1.29 is 18.3 Å². The minimum Gasteiger partial charge on any atom is -0.465 e. The van der Waals surface area contributed by atoms with Crippen molar-refractivity contribution in [1.29, 1.82) is 0 Å². The van der Waals surface area contributed by atoms with E-state index in [4.69, 9.17) is 4.74 Å². The van der Waals surface area contributed by atoms with Crippen LogP contribution in [-0.2, 0) is 9.53 Å². The Bertz CT molecular complexity index is 438. The van der Waals surface area contributed by atoms with Gasteiger partial charge in [-0.15, -0.1) is 0 Å². The van der Waals surface area contributed by atoms with Gasteiger partial charge in [0.25, 0.3) is 6.43 Å². The van der Waals surface area contributed by atoms with Gasteiger partial charge in [0.2, 0.25) is 0 Å². The molecule has 0 aliphatic carbocycles. The molecular weight excluding hydrogens is 264 g/mol. The fourth-order valence-corrected chi connectivity index (χ4v) is 1.80. The molecule has 1 aromatic carbocycles. The number of hydrogen-bond acceptors (Lipinski definition) is 3. The lowest BCUT2D eigenvalue weighted by molar-refractivity contribution is -0.146. The zero-order valence-electron chi connectivity index (χ0n) is 12.0. The number of carbonyl (C=O) groups excluding carboxylic acids is 1. The molecule has 0 heterocycles. The molecular formula is C15H21F2NO2. The summed E-state index contributed by atoms with van der Waals surface area (Å²) in [7, 11) is 0.